The van der Waals surface area contributed by atoms with Gasteiger partial charge in [0, 0.05) is 18.5 Å². The number of hydrogen-bond donors (Lipinski definition) is 0. The van der Waals surface area contributed by atoms with Crippen LogP contribution < -0.4 is 0 Å². The van der Waals surface area contributed by atoms with E-state index < -0.39 is 0 Å². The van der Waals surface area contributed by atoms with Gasteiger partial charge in [0.25, 0.3) is 0 Å². The molecule has 108 valence electrons. The van der Waals surface area contributed by atoms with Crippen LogP contribution in [0.2, 0.25) is 0 Å². The Bertz CT molecular complexity index is 666. The molecule has 0 aliphatic carbocycles. The SMILES string of the molecule is CCN(CCC#N)C(=O)CSc1ccc2ccccc2n1. The van der Waals surface area contributed by atoms with Gasteiger partial charge in [0.1, 0.15) is 0 Å². The number of amides is 1. The molecule has 0 radical (unpaired) electrons. The fourth-order valence-electron chi connectivity index (χ4n) is 2.00. The number of aromatic nitrogens is 1. The lowest BCUT2D eigenvalue weighted by Gasteiger charge is -2.19. The summed E-state index contributed by atoms with van der Waals surface area (Å²) in [5.41, 5.74) is 0.937. The maximum atomic E-state index is 12.1. The average molecular weight is 299 g/mol. The van der Waals surface area contributed by atoms with Crippen LogP contribution in [0.25, 0.3) is 10.9 Å². The fourth-order valence-corrected chi connectivity index (χ4v) is 2.78. The van der Waals surface area contributed by atoms with E-state index in [0.29, 0.717) is 25.3 Å². The Morgan fingerprint density at radius 3 is 2.90 bits per heavy atom. The third kappa shape index (κ3) is 4.20. The third-order valence-electron chi connectivity index (χ3n) is 3.14. The number of nitriles is 1. The summed E-state index contributed by atoms with van der Waals surface area (Å²) >= 11 is 1.44. The van der Waals surface area contributed by atoms with Crippen LogP contribution in [0.4, 0.5) is 0 Å². The Labute approximate surface area is 128 Å². The van der Waals surface area contributed by atoms with E-state index >= 15 is 0 Å². The number of benzene rings is 1. The molecule has 0 bridgehead atoms. The number of carbonyl (C=O) groups is 1. The van der Waals surface area contributed by atoms with Gasteiger partial charge >= 0.3 is 0 Å². The smallest absolute Gasteiger partial charge is 0.233 e. The summed E-state index contributed by atoms with van der Waals surface area (Å²) in [5, 5.41) is 10.5. The van der Waals surface area contributed by atoms with Crippen molar-refractivity contribution in [1.82, 2.24) is 9.88 Å². The van der Waals surface area contributed by atoms with Crippen LogP contribution in [0.15, 0.2) is 41.4 Å². The molecule has 1 aromatic heterocycles. The molecule has 2 aromatic rings. The van der Waals surface area contributed by atoms with Crippen LogP contribution in [0, 0.1) is 11.3 Å². The van der Waals surface area contributed by atoms with Gasteiger partial charge in [0.2, 0.25) is 5.91 Å². The molecule has 0 saturated carbocycles. The van der Waals surface area contributed by atoms with Gasteiger partial charge in [-0.1, -0.05) is 36.0 Å². The van der Waals surface area contributed by atoms with Crippen LogP contribution in [-0.4, -0.2) is 34.6 Å². The molecular formula is C16H17N3OS. The second kappa shape index (κ2) is 7.65. The molecule has 0 fully saturated rings. The molecule has 0 saturated heterocycles. The van der Waals surface area contributed by atoms with Gasteiger partial charge in [-0.25, -0.2) is 4.98 Å². The summed E-state index contributed by atoms with van der Waals surface area (Å²) in [6.45, 7) is 3.05. The van der Waals surface area contributed by atoms with Crippen LogP contribution in [0.1, 0.15) is 13.3 Å². The molecule has 21 heavy (non-hydrogen) atoms. The molecule has 0 aliphatic heterocycles. The van der Waals surface area contributed by atoms with Gasteiger partial charge in [0.15, 0.2) is 0 Å². The van der Waals surface area contributed by atoms with Crippen LogP contribution >= 0.6 is 11.8 Å². The van der Waals surface area contributed by atoms with E-state index in [9.17, 15) is 4.79 Å². The summed E-state index contributed by atoms with van der Waals surface area (Å²) in [6, 6.07) is 13.9. The van der Waals surface area contributed by atoms with E-state index in [0.717, 1.165) is 15.9 Å². The lowest BCUT2D eigenvalue weighted by Crippen LogP contribution is -2.33. The fraction of sp³-hybridized carbons (Fsp3) is 0.312. The van der Waals surface area contributed by atoms with Gasteiger partial charge in [0.05, 0.1) is 28.8 Å². The maximum absolute atomic E-state index is 12.1. The number of hydrogen-bond acceptors (Lipinski definition) is 4. The number of carbonyl (C=O) groups excluding carboxylic acids is 1. The predicted octanol–water partition coefficient (Wildman–Crippen LogP) is 3.09. The number of thioether (sulfide) groups is 1. The van der Waals surface area contributed by atoms with Crippen LogP contribution in [-0.2, 0) is 4.79 Å². The minimum Gasteiger partial charge on any atom is -0.341 e. The van der Waals surface area contributed by atoms with Gasteiger partial charge in [-0.2, -0.15) is 5.26 Å². The Morgan fingerprint density at radius 2 is 2.14 bits per heavy atom. The Hall–Kier alpha value is -2.06. The molecule has 5 heteroatoms. The molecule has 0 spiro atoms. The lowest BCUT2D eigenvalue weighted by molar-refractivity contribution is -0.128. The van der Waals surface area contributed by atoms with Crippen molar-refractivity contribution in [2.24, 2.45) is 0 Å². The molecule has 1 amide bonds. The molecule has 2 rings (SSSR count). The topological polar surface area (TPSA) is 57.0 Å². The molecule has 1 heterocycles. The van der Waals surface area contributed by atoms with Gasteiger partial charge < -0.3 is 4.90 Å². The van der Waals surface area contributed by atoms with Crippen molar-refractivity contribution in [3.63, 3.8) is 0 Å². The van der Waals surface area contributed by atoms with Crippen molar-refractivity contribution in [2.75, 3.05) is 18.8 Å². The van der Waals surface area contributed by atoms with Crippen molar-refractivity contribution in [2.45, 2.75) is 18.4 Å². The first kappa shape index (κ1) is 15.3. The molecule has 0 atom stereocenters. The maximum Gasteiger partial charge on any atom is 0.233 e. The standard InChI is InChI=1S/C16H17N3OS/c1-2-19(11-5-10-17)16(20)12-21-15-9-8-13-6-3-4-7-14(13)18-15/h3-4,6-9H,2,5,11-12H2,1H3. The van der Waals surface area contributed by atoms with E-state index in [1.54, 1.807) is 4.90 Å². The monoisotopic (exact) mass is 299 g/mol. The third-order valence-corrected chi connectivity index (χ3v) is 4.06. The predicted molar refractivity (Wildman–Crippen MR) is 85.0 cm³/mol. The van der Waals surface area contributed by atoms with Crippen molar-refractivity contribution in [3.05, 3.63) is 36.4 Å². The molecular weight excluding hydrogens is 282 g/mol. The summed E-state index contributed by atoms with van der Waals surface area (Å²) in [6.07, 6.45) is 0.373. The van der Waals surface area contributed by atoms with Gasteiger partial charge in [-0.3, -0.25) is 4.79 Å². The van der Waals surface area contributed by atoms with E-state index in [1.165, 1.54) is 11.8 Å². The summed E-state index contributed by atoms with van der Waals surface area (Å²) in [7, 11) is 0. The highest BCUT2D eigenvalue weighted by molar-refractivity contribution is 7.99. The number of rotatable bonds is 6. The Morgan fingerprint density at radius 1 is 1.33 bits per heavy atom. The molecule has 0 aliphatic rings. The van der Waals surface area contributed by atoms with Crippen molar-refractivity contribution >= 4 is 28.6 Å². The highest BCUT2D eigenvalue weighted by Crippen LogP contribution is 2.20. The van der Waals surface area contributed by atoms with Crippen molar-refractivity contribution < 1.29 is 4.79 Å². The highest BCUT2D eigenvalue weighted by Gasteiger charge is 2.12. The van der Waals surface area contributed by atoms with E-state index in [2.05, 4.69) is 11.1 Å². The van der Waals surface area contributed by atoms with E-state index in [4.69, 9.17) is 5.26 Å². The van der Waals surface area contributed by atoms with E-state index in [1.807, 2.05) is 43.3 Å². The first-order chi connectivity index (χ1) is 10.2. The number of pyridine rings is 1. The summed E-state index contributed by atoms with van der Waals surface area (Å²) in [5.74, 6) is 0.401. The normalized spacial score (nSPS) is 10.3. The second-order valence-electron chi connectivity index (χ2n) is 4.51. The van der Waals surface area contributed by atoms with Crippen LogP contribution in [0.3, 0.4) is 0 Å². The van der Waals surface area contributed by atoms with Gasteiger partial charge in [-0.05, 0) is 19.1 Å². The molecule has 4 nitrogen and oxygen atoms in total. The number of para-hydroxylation sites is 1. The first-order valence-electron chi connectivity index (χ1n) is 6.88. The number of fused-ring (bicyclic) bond motifs is 1. The highest BCUT2D eigenvalue weighted by atomic mass is 32.2. The Balaban J connectivity index is 1.97. The number of nitrogens with zero attached hydrogens (tertiary/aromatic N) is 3. The lowest BCUT2D eigenvalue weighted by atomic mass is 10.2. The molecule has 0 N–H and O–H groups in total. The van der Waals surface area contributed by atoms with Crippen LogP contribution in [0.5, 0.6) is 0 Å². The van der Waals surface area contributed by atoms with Gasteiger partial charge in [-0.15, -0.1) is 0 Å². The zero-order chi connectivity index (χ0) is 15.1. The average Bonchev–Trinajstić information content (AvgIpc) is 2.53. The largest absolute Gasteiger partial charge is 0.341 e. The summed E-state index contributed by atoms with van der Waals surface area (Å²) < 4.78 is 0. The quantitative estimate of drug-likeness (QED) is 0.769. The van der Waals surface area contributed by atoms with Crippen molar-refractivity contribution in [3.8, 4) is 6.07 Å². The molecule has 1 aromatic carbocycles. The zero-order valence-corrected chi connectivity index (χ0v) is 12.8. The first-order valence-corrected chi connectivity index (χ1v) is 7.86. The van der Waals surface area contributed by atoms with Crippen molar-refractivity contribution in [1.29, 1.82) is 5.26 Å². The zero-order valence-electron chi connectivity index (χ0n) is 12.0. The second-order valence-corrected chi connectivity index (χ2v) is 5.51. The summed E-state index contributed by atoms with van der Waals surface area (Å²) in [4.78, 5) is 18.3. The minimum atomic E-state index is 0.0488. The Kier molecular flexibility index (Phi) is 5.59. The van der Waals surface area contributed by atoms with E-state index in [-0.39, 0.29) is 5.91 Å². The minimum absolute atomic E-state index is 0.0488. The molecule has 0 unspecified atom stereocenters.